The van der Waals surface area contributed by atoms with Crippen molar-refractivity contribution in [3.63, 3.8) is 0 Å². The maximum Gasteiger partial charge on any atom is 0.196 e. The van der Waals surface area contributed by atoms with Crippen LogP contribution in [0, 0.1) is 0 Å². The molecule has 3 aromatic rings. The summed E-state index contributed by atoms with van der Waals surface area (Å²) in [5, 5.41) is 5.23. The molecule has 160 valence electrons. The van der Waals surface area contributed by atoms with Crippen molar-refractivity contribution in [2.24, 2.45) is 5.84 Å². The first-order chi connectivity index (χ1) is 15.0. The fraction of sp³-hybridized carbons (Fsp3) is 0.174. The van der Waals surface area contributed by atoms with E-state index in [0.717, 1.165) is 17.7 Å². The van der Waals surface area contributed by atoms with Gasteiger partial charge >= 0.3 is 0 Å². The Morgan fingerprint density at radius 2 is 1.87 bits per heavy atom. The van der Waals surface area contributed by atoms with Gasteiger partial charge in [-0.3, -0.25) is 4.79 Å². The minimum Gasteiger partial charge on any atom is -0.497 e. The maximum absolute atomic E-state index is 12.9. The number of nitrogens with two attached hydrogens (primary N) is 1. The van der Waals surface area contributed by atoms with E-state index in [2.05, 4.69) is 10.3 Å². The highest BCUT2D eigenvalue weighted by molar-refractivity contribution is 7.80. The molecule has 3 N–H and O–H groups in total. The average molecular weight is 455 g/mol. The van der Waals surface area contributed by atoms with E-state index in [-0.39, 0.29) is 12.3 Å². The van der Waals surface area contributed by atoms with Gasteiger partial charge in [-0.05, 0) is 60.5 Å². The van der Waals surface area contributed by atoms with Crippen LogP contribution in [0.1, 0.15) is 21.5 Å². The van der Waals surface area contributed by atoms with E-state index in [1.165, 1.54) is 5.01 Å². The Balaban J connectivity index is 1.58. The first-order valence-electron chi connectivity index (χ1n) is 9.65. The SMILES string of the molecule is COc1ccc(CCN(N)C(=S)CNc2ncccc2C(=O)c2ccc(Cl)cc2)cc1. The third-order valence-electron chi connectivity index (χ3n) is 4.69. The molecule has 0 aliphatic rings. The molecule has 3 rings (SSSR count). The molecule has 0 saturated heterocycles. The number of benzene rings is 2. The summed E-state index contributed by atoms with van der Waals surface area (Å²) in [5.74, 6) is 7.23. The number of aromatic nitrogens is 1. The molecule has 0 atom stereocenters. The Morgan fingerprint density at radius 1 is 1.16 bits per heavy atom. The number of carbonyl (C=O) groups excluding carboxylic acids is 1. The third kappa shape index (κ3) is 6.24. The van der Waals surface area contributed by atoms with Crippen molar-refractivity contribution in [3.05, 3.63) is 88.6 Å². The molecule has 8 heteroatoms. The molecule has 31 heavy (non-hydrogen) atoms. The summed E-state index contributed by atoms with van der Waals surface area (Å²) in [5.41, 5.74) is 2.12. The standard InChI is InChI=1S/C23H23ClN4O2S/c1-30-19-10-4-16(5-11-19)12-14-28(25)21(31)15-27-23-20(3-2-13-26-23)22(29)17-6-8-18(24)9-7-17/h2-11,13H,12,14-15,25H2,1H3,(H,26,27). The van der Waals surface area contributed by atoms with Crippen molar-refractivity contribution >= 4 is 40.4 Å². The zero-order chi connectivity index (χ0) is 22.2. The second-order valence-corrected chi connectivity index (χ2v) is 7.68. The number of rotatable bonds is 9. The van der Waals surface area contributed by atoms with E-state index in [1.807, 2.05) is 24.3 Å². The van der Waals surface area contributed by atoms with E-state index in [4.69, 9.17) is 34.4 Å². The zero-order valence-electron chi connectivity index (χ0n) is 17.0. The number of nitrogens with one attached hydrogen (secondary N) is 1. The van der Waals surface area contributed by atoms with E-state index in [1.54, 1.807) is 49.7 Å². The predicted octanol–water partition coefficient (Wildman–Crippen LogP) is 4.13. The molecule has 0 aliphatic heterocycles. The van der Waals surface area contributed by atoms with Gasteiger partial charge < -0.3 is 15.1 Å². The van der Waals surface area contributed by atoms with Gasteiger partial charge in [-0.15, -0.1) is 0 Å². The smallest absolute Gasteiger partial charge is 0.196 e. The number of ketones is 1. The molecule has 0 saturated carbocycles. The minimum atomic E-state index is -0.151. The van der Waals surface area contributed by atoms with Gasteiger partial charge in [0.05, 0.1) is 19.2 Å². The van der Waals surface area contributed by atoms with Crippen molar-refractivity contribution < 1.29 is 9.53 Å². The molecule has 0 bridgehead atoms. The second-order valence-electron chi connectivity index (χ2n) is 6.77. The molecule has 1 aromatic heterocycles. The van der Waals surface area contributed by atoms with Crippen LogP contribution in [0.5, 0.6) is 5.75 Å². The molecule has 0 aliphatic carbocycles. The number of nitrogens with zero attached hydrogens (tertiary/aromatic N) is 2. The Labute approximate surface area is 192 Å². The quantitative estimate of drug-likeness (QED) is 0.218. The van der Waals surface area contributed by atoms with E-state index in [9.17, 15) is 4.79 Å². The number of anilines is 1. The van der Waals surface area contributed by atoms with Crippen molar-refractivity contribution in [2.75, 3.05) is 25.5 Å². The molecule has 0 unspecified atom stereocenters. The van der Waals surface area contributed by atoms with Gasteiger partial charge in [0.1, 0.15) is 16.6 Å². The van der Waals surface area contributed by atoms with Crippen LogP contribution in [-0.2, 0) is 6.42 Å². The topological polar surface area (TPSA) is 80.5 Å². The number of ether oxygens (including phenoxy) is 1. The van der Waals surface area contributed by atoms with Crippen molar-refractivity contribution in [1.29, 1.82) is 0 Å². The summed E-state index contributed by atoms with van der Waals surface area (Å²) in [7, 11) is 1.64. The van der Waals surface area contributed by atoms with Crippen molar-refractivity contribution in [3.8, 4) is 5.75 Å². The first kappa shape index (κ1) is 22.7. The van der Waals surface area contributed by atoms with Crippen LogP contribution >= 0.6 is 23.8 Å². The molecule has 0 radical (unpaired) electrons. The number of pyridine rings is 1. The number of hydrogen-bond donors (Lipinski definition) is 2. The number of thiocarbonyl (C=S) groups is 1. The van der Waals surface area contributed by atoms with Gasteiger partial charge in [0.2, 0.25) is 0 Å². The lowest BCUT2D eigenvalue weighted by molar-refractivity contribution is 0.103. The molecular weight excluding hydrogens is 432 g/mol. The fourth-order valence-corrected chi connectivity index (χ4v) is 3.20. The number of halogens is 1. The van der Waals surface area contributed by atoms with Crippen LogP contribution < -0.4 is 15.9 Å². The zero-order valence-corrected chi connectivity index (χ0v) is 18.6. The van der Waals surface area contributed by atoms with Gasteiger partial charge in [0.25, 0.3) is 0 Å². The van der Waals surface area contributed by atoms with Crippen LogP contribution in [0.25, 0.3) is 0 Å². The van der Waals surface area contributed by atoms with Gasteiger partial charge in [0, 0.05) is 23.3 Å². The van der Waals surface area contributed by atoms with Gasteiger partial charge in [0.15, 0.2) is 5.78 Å². The summed E-state index contributed by atoms with van der Waals surface area (Å²) >= 11 is 11.4. The lowest BCUT2D eigenvalue weighted by atomic mass is 10.0. The number of hydrogen-bond acceptors (Lipinski definition) is 6. The number of hydrazine groups is 1. The third-order valence-corrected chi connectivity index (χ3v) is 5.32. The number of methoxy groups -OCH3 is 1. The summed E-state index contributed by atoms with van der Waals surface area (Å²) in [4.78, 5) is 17.7. The van der Waals surface area contributed by atoms with Crippen LogP contribution in [0.4, 0.5) is 5.82 Å². The van der Waals surface area contributed by atoms with E-state index >= 15 is 0 Å². The van der Waals surface area contributed by atoms with Crippen molar-refractivity contribution in [2.45, 2.75) is 6.42 Å². The summed E-state index contributed by atoms with van der Waals surface area (Å²) in [6.07, 6.45) is 2.36. The summed E-state index contributed by atoms with van der Waals surface area (Å²) < 4.78 is 5.17. The highest BCUT2D eigenvalue weighted by atomic mass is 35.5. The Morgan fingerprint density at radius 3 is 2.55 bits per heavy atom. The van der Waals surface area contributed by atoms with Gasteiger partial charge in [-0.25, -0.2) is 10.8 Å². The molecule has 1 heterocycles. The Bertz CT molecular complexity index is 1040. The second kappa shape index (κ2) is 10.9. The maximum atomic E-state index is 12.9. The van der Waals surface area contributed by atoms with Crippen LogP contribution in [0.15, 0.2) is 66.9 Å². The molecule has 0 spiro atoms. The fourth-order valence-electron chi connectivity index (χ4n) is 2.91. The largest absolute Gasteiger partial charge is 0.497 e. The van der Waals surface area contributed by atoms with Crippen LogP contribution in [-0.4, -0.2) is 41.0 Å². The molecule has 0 fully saturated rings. The van der Waals surface area contributed by atoms with E-state index < -0.39 is 0 Å². The monoisotopic (exact) mass is 454 g/mol. The molecule has 2 aromatic carbocycles. The van der Waals surface area contributed by atoms with Crippen molar-refractivity contribution in [1.82, 2.24) is 9.99 Å². The molecule has 6 nitrogen and oxygen atoms in total. The van der Waals surface area contributed by atoms with Crippen LogP contribution in [0.3, 0.4) is 0 Å². The van der Waals surface area contributed by atoms with Gasteiger partial charge in [-0.2, -0.15) is 0 Å². The first-order valence-corrected chi connectivity index (χ1v) is 10.4. The van der Waals surface area contributed by atoms with Crippen LogP contribution in [0.2, 0.25) is 5.02 Å². The van der Waals surface area contributed by atoms with Gasteiger partial charge in [-0.1, -0.05) is 36.0 Å². The minimum absolute atomic E-state index is 0.151. The molecule has 0 amide bonds. The summed E-state index contributed by atoms with van der Waals surface area (Å²) in [6, 6.07) is 18.0. The lowest BCUT2D eigenvalue weighted by Gasteiger charge is -2.20. The summed E-state index contributed by atoms with van der Waals surface area (Å²) in [6.45, 7) is 0.845. The average Bonchev–Trinajstić information content (AvgIpc) is 2.81. The normalized spacial score (nSPS) is 10.4. The highest BCUT2D eigenvalue weighted by Gasteiger charge is 2.15. The van der Waals surface area contributed by atoms with E-state index in [0.29, 0.717) is 33.5 Å². The predicted molar refractivity (Wildman–Crippen MR) is 128 cm³/mol. The number of carbonyl (C=O) groups is 1. The lowest BCUT2D eigenvalue weighted by Crippen LogP contribution is -2.41. The highest BCUT2D eigenvalue weighted by Crippen LogP contribution is 2.18. The Kier molecular flexibility index (Phi) is 7.94. The Hall–Kier alpha value is -3.00. The molecular formula is C23H23ClN4O2S.